The molecule has 1 aliphatic heterocycles. The summed E-state index contributed by atoms with van der Waals surface area (Å²) >= 11 is 1.64. The van der Waals surface area contributed by atoms with Crippen molar-refractivity contribution in [2.24, 2.45) is 0 Å². The van der Waals surface area contributed by atoms with Gasteiger partial charge < -0.3 is 14.5 Å². The molecule has 1 saturated heterocycles. The summed E-state index contributed by atoms with van der Waals surface area (Å²) in [6.07, 6.45) is 2.01. The highest BCUT2D eigenvalue weighted by Gasteiger charge is 2.24. The van der Waals surface area contributed by atoms with Crippen molar-refractivity contribution in [1.29, 1.82) is 0 Å². The number of amides is 2. The molecule has 0 spiro atoms. The van der Waals surface area contributed by atoms with Crippen molar-refractivity contribution in [3.05, 3.63) is 58.3 Å². The van der Waals surface area contributed by atoms with Gasteiger partial charge in [-0.2, -0.15) is 0 Å². The van der Waals surface area contributed by atoms with E-state index in [4.69, 9.17) is 4.74 Å². The zero-order valence-electron chi connectivity index (χ0n) is 15.7. The monoisotopic (exact) mass is 386 g/mol. The van der Waals surface area contributed by atoms with E-state index in [2.05, 4.69) is 0 Å². The van der Waals surface area contributed by atoms with Crippen LogP contribution in [-0.4, -0.2) is 47.4 Å². The molecule has 2 aromatic rings. The average Bonchev–Trinajstić information content (AvgIpc) is 3.35. The Morgan fingerprint density at radius 1 is 1.11 bits per heavy atom. The topological polar surface area (TPSA) is 49.9 Å². The molecule has 144 valence electrons. The first-order valence-electron chi connectivity index (χ1n) is 9.33. The Morgan fingerprint density at radius 2 is 1.93 bits per heavy atom. The molecule has 0 unspecified atom stereocenters. The van der Waals surface area contributed by atoms with Crippen LogP contribution in [0.5, 0.6) is 0 Å². The van der Waals surface area contributed by atoms with Gasteiger partial charge in [0.1, 0.15) is 0 Å². The molecular weight excluding hydrogens is 360 g/mol. The number of rotatable bonds is 8. The van der Waals surface area contributed by atoms with Crippen molar-refractivity contribution in [1.82, 2.24) is 9.80 Å². The van der Waals surface area contributed by atoms with Gasteiger partial charge in [-0.3, -0.25) is 9.59 Å². The van der Waals surface area contributed by atoms with Crippen LogP contribution in [0.2, 0.25) is 0 Å². The van der Waals surface area contributed by atoms with Crippen molar-refractivity contribution in [2.45, 2.75) is 39.0 Å². The number of carbonyl (C=O) groups excluding carboxylic acids is 2. The second-order valence-corrected chi connectivity index (χ2v) is 7.88. The molecule has 1 atom stereocenters. The predicted molar refractivity (Wildman–Crippen MR) is 106 cm³/mol. The molecule has 1 aromatic heterocycles. The van der Waals surface area contributed by atoms with Gasteiger partial charge in [-0.1, -0.05) is 36.4 Å². The largest absolute Gasteiger partial charge is 0.376 e. The van der Waals surface area contributed by atoms with Gasteiger partial charge in [-0.15, -0.1) is 11.3 Å². The van der Waals surface area contributed by atoms with Gasteiger partial charge in [0.25, 0.3) is 0 Å². The lowest BCUT2D eigenvalue weighted by Gasteiger charge is -2.28. The first kappa shape index (κ1) is 19.6. The second-order valence-electron chi connectivity index (χ2n) is 6.85. The number of thiophene rings is 1. The lowest BCUT2D eigenvalue weighted by atomic mass is 10.2. The molecule has 6 heteroatoms. The van der Waals surface area contributed by atoms with E-state index >= 15 is 0 Å². The van der Waals surface area contributed by atoms with Crippen molar-refractivity contribution >= 4 is 23.2 Å². The molecule has 0 N–H and O–H groups in total. The van der Waals surface area contributed by atoms with E-state index in [0.717, 1.165) is 29.9 Å². The SMILES string of the molecule is CC(=O)N(CC(=O)N(Cc1ccccc1)Cc1cccs1)C[C@H]1CCCO1. The van der Waals surface area contributed by atoms with Crippen molar-refractivity contribution in [3.63, 3.8) is 0 Å². The van der Waals surface area contributed by atoms with Gasteiger partial charge in [0.05, 0.1) is 19.2 Å². The molecule has 27 heavy (non-hydrogen) atoms. The Hall–Kier alpha value is -2.18. The van der Waals surface area contributed by atoms with Crippen LogP contribution < -0.4 is 0 Å². The average molecular weight is 387 g/mol. The van der Waals surface area contributed by atoms with Crippen molar-refractivity contribution in [2.75, 3.05) is 19.7 Å². The summed E-state index contributed by atoms with van der Waals surface area (Å²) in [5.41, 5.74) is 1.08. The van der Waals surface area contributed by atoms with Crippen molar-refractivity contribution < 1.29 is 14.3 Å². The highest BCUT2D eigenvalue weighted by Crippen LogP contribution is 2.17. The first-order chi connectivity index (χ1) is 13.1. The van der Waals surface area contributed by atoms with Crippen LogP contribution in [0.25, 0.3) is 0 Å². The summed E-state index contributed by atoms with van der Waals surface area (Å²) in [6, 6.07) is 14.0. The lowest BCUT2D eigenvalue weighted by molar-refractivity contribution is -0.141. The Labute approximate surface area is 164 Å². The molecule has 0 aliphatic carbocycles. The molecule has 3 rings (SSSR count). The number of ether oxygens (including phenoxy) is 1. The minimum Gasteiger partial charge on any atom is -0.376 e. The minimum atomic E-state index is -0.0883. The van der Waals surface area contributed by atoms with Gasteiger partial charge in [0.2, 0.25) is 11.8 Å². The third-order valence-corrected chi connectivity index (χ3v) is 5.58. The second kappa shape index (κ2) is 9.67. The number of benzene rings is 1. The van der Waals surface area contributed by atoms with Crippen LogP contribution in [0.4, 0.5) is 0 Å². The number of nitrogens with zero attached hydrogens (tertiary/aromatic N) is 2. The van der Waals surface area contributed by atoms with Crippen LogP contribution in [0.1, 0.15) is 30.2 Å². The molecule has 5 nitrogen and oxygen atoms in total. The van der Waals surface area contributed by atoms with E-state index in [1.54, 1.807) is 16.2 Å². The van der Waals surface area contributed by atoms with Crippen LogP contribution in [0, 0.1) is 0 Å². The zero-order valence-corrected chi connectivity index (χ0v) is 16.5. The molecule has 1 aliphatic rings. The number of carbonyl (C=O) groups is 2. The maximum Gasteiger partial charge on any atom is 0.242 e. The summed E-state index contributed by atoms with van der Waals surface area (Å²) in [5.74, 6) is -0.130. The Balaban J connectivity index is 1.68. The van der Waals surface area contributed by atoms with Crippen LogP contribution >= 0.6 is 11.3 Å². The van der Waals surface area contributed by atoms with Crippen LogP contribution in [-0.2, 0) is 27.4 Å². The highest BCUT2D eigenvalue weighted by atomic mass is 32.1. The third kappa shape index (κ3) is 5.91. The molecule has 0 radical (unpaired) electrons. The van der Waals surface area contributed by atoms with E-state index in [-0.39, 0.29) is 24.5 Å². The molecule has 0 bridgehead atoms. The molecule has 0 saturated carbocycles. The quantitative estimate of drug-likeness (QED) is 0.699. The van der Waals surface area contributed by atoms with E-state index in [9.17, 15) is 9.59 Å². The van der Waals surface area contributed by atoms with Crippen LogP contribution in [0.3, 0.4) is 0 Å². The van der Waals surface area contributed by atoms with E-state index in [0.29, 0.717) is 19.6 Å². The van der Waals surface area contributed by atoms with E-state index in [1.165, 1.54) is 6.92 Å². The standard InChI is InChI=1S/C21H26N2O3S/c1-17(24)22(14-19-9-5-11-26-19)16-21(25)23(15-20-10-6-12-27-20)13-18-7-3-2-4-8-18/h2-4,6-8,10,12,19H,5,9,11,13-16H2,1H3/t19-/m1/s1. The fourth-order valence-electron chi connectivity index (χ4n) is 3.23. The summed E-state index contributed by atoms with van der Waals surface area (Å²) < 4.78 is 5.64. The normalized spacial score (nSPS) is 16.3. The Bertz CT molecular complexity index is 727. The Kier molecular flexibility index (Phi) is 7.01. The zero-order chi connectivity index (χ0) is 19.1. The Morgan fingerprint density at radius 3 is 2.56 bits per heavy atom. The van der Waals surface area contributed by atoms with Crippen molar-refractivity contribution in [3.8, 4) is 0 Å². The van der Waals surface area contributed by atoms with Crippen LogP contribution in [0.15, 0.2) is 47.8 Å². The maximum atomic E-state index is 13.1. The predicted octanol–water partition coefficient (Wildman–Crippen LogP) is 3.30. The maximum absolute atomic E-state index is 13.1. The number of hydrogen-bond acceptors (Lipinski definition) is 4. The van der Waals surface area contributed by atoms with E-state index in [1.807, 2.05) is 52.7 Å². The summed E-state index contributed by atoms with van der Waals surface area (Å²) in [7, 11) is 0. The summed E-state index contributed by atoms with van der Waals surface area (Å²) in [5, 5.41) is 2.01. The van der Waals surface area contributed by atoms with Gasteiger partial charge in [-0.25, -0.2) is 0 Å². The summed E-state index contributed by atoms with van der Waals surface area (Å²) in [6.45, 7) is 3.92. The van der Waals surface area contributed by atoms with Gasteiger partial charge in [0.15, 0.2) is 0 Å². The highest BCUT2D eigenvalue weighted by molar-refractivity contribution is 7.09. The molecule has 2 heterocycles. The lowest BCUT2D eigenvalue weighted by Crippen LogP contribution is -2.44. The first-order valence-corrected chi connectivity index (χ1v) is 10.2. The summed E-state index contributed by atoms with van der Waals surface area (Å²) in [4.78, 5) is 29.7. The molecular formula is C21H26N2O3S. The number of hydrogen-bond donors (Lipinski definition) is 0. The van der Waals surface area contributed by atoms with Gasteiger partial charge >= 0.3 is 0 Å². The fourth-order valence-corrected chi connectivity index (χ4v) is 3.95. The fraction of sp³-hybridized carbons (Fsp3) is 0.429. The smallest absolute Gasteiger partial charge is 0.242 e. The molecule has 1 aromatic carbocycles. The van der Waals surface area contributed by atoms with Gasteiger partial charge in [0, 0.05) is 31.5 Å². The minimum absolute atomic E-state index is 0.0413. The molecule has 1 fully saturated rings. The third-order valence-electron chi connectivity index (χ3n) is 4.72. The molecule has 2 amide bonds. The van der Waals surface area contributed by atoms with Gasteiger partial charge in [-0.05, 0) is 29.9 Å². The van der Waals surface area contributed by atoms with E-state index < -0.39 is 0 Å².